The number of amides is 1. The van der Waals surface area contributed by atoms with Gasteiger partial charge in [-0.2, -0.15) is 0 Å². The van der Waals surface area contributed by atoms with E-state index in [0.29, 0.717) is 5.56 Å². The number of carbonyl (C=O) groups is 1. The summed E-state index contributed by atoms with van der Waals surface area (Å²) in [5.74, 6) is 0.987. The maximum absolute atomic E-state index is 11.9. The van der Waals surface area contributed by atoms with Gasteiger partial charge in [0.1, 0.15) is 5.75 Å². The van der Waals surface area contributed by atoms with Gasteiger partial charge in [0.15, 0.2) is 0 Å². The number of hydrogen-bond acceptors (Lipinski definition) is 2. The van der Waals surface area contributed by atoms with Gasteiger partial charge in [0.05, 0.1) is 0 Å². The van der Waals surface area contributed by atoms with Crippen LogP contribution in [0, 0.1) is 12.8 Å². The molecule has 1 saturated carbocycles. The van der Waals surface area contributed by atoms with E-state index in [1.165, 1.54) is 25.7 Å². The Bertz CT molecular complexity index is 423. The molecule has 2 rings (SSSR count). The zero-order chi connectivity index (χ0) is 13.0. The summed E-state index contributed by atoms with van der Waals surface area (Å²) in [7, 11) is 0. The first kappa shape index (κ1) is 12.9. The molecule has 1 aliphatic carbocycles. The lowest BCUT2D eigenvalue weighted by molar-refractivity contribution is 0.0951. The summed E-state index contributed by atoms with van der Waals surface area (Å²) in [6.45, 7) is 2.55. The lowest BCUT2D eigenvalue weighted by atomic mass is 10.0. The van der Waals surface area contributed by atoms with Crippen LogP contribution in [0.5, 0.6) is 5.75 Å². The minimum atomic E-state index is -0.0453. The van der Waals surface area contributed by atoms with Crippen molar-refractivity contribution in [1.29, 1.82) is 0 Å². The lowest BCUT2D eigenvalue weighted by Gasteiger charge is -2.10. The molecule has 1 amide bonds. The Balaban J connectivity index is 1.81. The standard InChI is InChI=1S/C15H21NO2/c1-11-10-13(6-7-14(11)17)15(18)16-9-8-12-4-2-3-5-12/h6-7,10,12,17H,2-5,8-9H2,1H3,(H,16,18). The van der Waals surface area contributed by atoms with Crippen molar-refractivity contribution in [3.05, 3.63) is 29.3 Å². The molecular weight excluding hydrogens is 226 g/mol. The normalized spacial score (nSPS) is 15.8. The van der Waals surface area contributed by atoms with Crippen LogP contribution in [-0.4, -0.2) is 17.6 Å². The molecule has 0 unspecified atom stereocenters. The molecule has 18 heavy (non-hydrogen) atoms. The van der Waals surface area contributed by atoms with Gasteiger partial charge >= 0.3 is 0 Å². The third-order valence-corrected chi connectivity index (χ3v) is 3.77. The summed E-state index contributed by atoms with van der Waals surface area (Å²) in [6, 6.07) is 4.95. The van der Waals surface area contributed by atoms with Crippen molar-refractivity contribution in [2.45, 2.75) is 39.0 Å². The van der Waals surface area contributed by atoms with Crippen molar-refractivity contribution in [2.75, 3.05) is 6.54 Å². The van der Waals surface area contributed by atoms with Crippen molar-refractivity contribution < 1.29 is 9.90 Å². The van der Waals surface area contributed by atoms with Gasteiger partial charge in [0, 0.05) is 12.1 Å². The van der Waals surface area contributed by atoms with E-state index in [0.717, 1.165) is 24.4 Å². The number of carbonyl (C=O) groups excluding carboxylic acids is 1. The number of aromatic hydroxyl groups is 1. The van der Waals surface area contributed by atoms with E-state index < -0.39 is 0 Å². The Kier molecular flexibility index (Phi) is 4.24. The third-order valence-electron chi connectivity index (χ3n) is 3.77. The molecule has 0 radical (unpaired) electrons. The van der Waals surface area contributed by atoms with Crippen LogP contribution in [0.2, 0.25) is 0 Å². The molecule has 0 heterocycles. The molecule has 0 aliphatic heterocycles. The number of phenols is 1. The van der Waals surface area contributed by atoms with Crippen LogP contribution >= 0.6 is 0 Å². The highest BCUT2D eigenvalue weighted by atomic mass is 16.3. The van der Waals surface area contributed by atoms with E-state index in [-0.39, 0.29) is 11.7 Å². The average molecular weight is 247 g/mol. The highest BCUT2D eigenvalue weighted by Crippen LogP contribution is 2.26. The number of benzene rings is 1. The Morgan fingerprint density at radius 2 is 2.11 bits per heavy atom. The fourth-order valence-corrected chi connectivity index (χ4v) is 2.59. The van der Waals surface area contributed by atoms with Crippen LogP contribution in [0.15, 0.2) is 18.2 Å². The SMILES string of the molecule is Cc1cc(C(=O)NCCC2CCCC2)ccc1O. The first-order valence-corrected chi connectivity index (χ1v) is 6.74. The third kappa shape index (κ3) is 3.25. The monoisotopic (exact) mass is 247 g/mol. The average Bonchev–Trinajstić information content (AvgIpc) is 2.85. The van der Waals surface area contributed by atoms with Crippen LogP contribution in [-0.2, 0) is 0 Å². The Hall–Kier alpha value is -1.51. The Labute approximate surface area is 108 Å². The van der Waals surface area contributed by atoms with E-state index in [9.17, 15) is 9.90 Å². The summed E-state index contributed by atoms with van der Waals surface area (Å²) in [5, 5.41) is 12.4. The van der Waals surface area contributed by atoms with Gasteiger partial charge in [-0.05, 0) is 43.0 Å². The first-order chi connectivity index (χ1) is 8.66. The molecule has 0 bridgehead atoms. The maximum Gasteiger partial charge on any atom is 0.251 e. The van der Waals surface area contributed by atoms with Crippen molar-refractivity contribution in [3.8, 4) is 5.75 Å². The van der Waals surface area contributed by atoms with Crippen LogP contribution in [0.4, 0.5) is 0 Å². The molecule has 2 N–H and O–H groups in total. The summed E-state index contributed by atoms with van der Waals surface area (Å²) >= 11 is 0. The molecule has 0 aromatic heterocycles. The first-order valence-electron chi connectivity index (χ1n) is 6.74. The minimum absolute atomic E-state index is 0.0453. The van der Waals surface area contributed by atoms with Crippen LogP contribution in [0.1, 0.15) is 48.0 Å². The predicted molar refractivity (Wildman–Crippen MR) is 71.8 cm³/mol. The smallest absolute Gasteiger partial charge is 0.251 e. The van der Waals surface area contributed by atoms with Crippen molar-refractivity contribution in [1.82, 2.24) is 5.32 Å². The second-order valence-electron chi connectivity index (χ2n) is 5.20. The van der Waals surface area contributed by atoms with Crippen LogP contribution in [0.25, 0.3) is 0 Å². The molecule has 1 aliphatic rings. The number of nitrogens with one attached hydrogen (secondary N) is 1. The molecule has 3 heteroatoms. The second kappa shape index (κ2) is 5.89. The maximum atomic E-state index is 11.9. The van der Waals surface area contributed by atoms with Gasteiger partial charge in [-0.3, -0.25) is 4.79 Å². The molecule has 98 valence electrons. The summed E-state index contributed by atoms with van der Waals surface area (Å²) in [4.78, 5) is 11.9. The fraction of sp³-hybridized carbons (Fsp3) is 0.533. The summed E-state index contributed by atoms with van der Waals surface area (Å²) < 4.78 is 0. The lowest BCUT2D eigenvalue weighted by Crippen LogP contribution is -2.25. The highest BCUT2D eigenvalue weighted by Gasteiger charge is 2.15. The summed E-state index contributed by atoms with van der Waals surface area (Å²) in [5.41, 5.74) is 1.36. The molecule has 0 saturated heterocycles. The molecule has 3 nitrogen and oxygen atoms in total. The van der Waals surface area contributed by atoms with Crippen molar-refractivity contribution >= 4 is 5.91 Å². The minimum Gasteiger partial charge on any atom is -0.508 e. The number of aryl methyl sites for hydroxylation is 1. The number of phenolic OH excluding ortho intramolecular Hbond substituents is 1. The van der Waals surface area contributed by atoms with Gasteiger partial charge in [0.25, 0.3) is 5.91 Å². The van der Waals surface area contributed by atoms with E-state index in [1.807, 2.05) is 0 Å². The van der Waals surface area contributed by atoms with E-state index in [2.05, 4.69) is 5.32 Å². The molecule has 0 atom stereocenters. The van der Waals surface area contributed by atoms with Gasteiger partial charge in [-0.1, -0.05) is 25.7 Å². The Morgan fingerprint density at radius 3 is 2.78 bits per heavy atom. The number of hydrogen-bond donors (Lipinski definition) is 2. The molecule has 1 aromatic carbocycles. The quantitative estimate of drug-likeness (QED) is 0.859. The largest absolute Gasteiger partial charge is 0.508 e. The molecule has 0 spiro atoms. The van der Waals surface area contributed by atoms with Crippen LogP contribution < -0.4 is 5.32 Å². The molecule has 1 aromatic rings. The van der Waals surface area contributed by atoms with Gasteiger partial charge < -0.3 is 10.4 Å². The van der Waals surface area contributed by atoms with Gasteiger partial charge in [0.2, 0.25) is 0 Å². The zero-order valence-corrected chi connectivity index (χ0v) is 10.9. The van der Waals surface area contributed by atoms with Gasteiger partial charge in [-0.25, -0.2) is 0 Å². The predicted octanol–water partition coefficient (Wildman–Crippen LogP) is 3.01. The van der Waals surface area contributed by atoms with Gasteiger partial charge in [-0.15, -0.1) is 0 Å². The Morgan fingerprint density at radius 1 is 1.39 bits per heavy atom. The molecular formula is C15H21NO2. The number of rotatable bonds is 4. The van der Waals surface area contributed by atoms with E-state index >= 15 is 0 Å². The van der Waals surface area contributed by atoms with Crippen molar-refractivity contribution in [2.24, 2.45) is 5.92 Å². The topological polar surface area (TPSA) is 49.3 Å². The van der Waals surface area contributed by atoms with E-state index in [4.69, 9.17) is 0 Å². The van der Waals surface area contributed by atoms with E-state index in [1.54, 1.807) is 25.1 Å². The highest BCUT2D eigenvalue weighted by molar-refractivity contribution is 5.94. The zero-order valence-electron chi connectivity index (χ0n) is 10.9. The summed E-state index contributed by atoms with van der Waals surface area (Å²) in [6.07, 6.45) is 6.40. The second-order valence-corrected chi connectivity index (χ2v) is 5.20. The fourth-order valence-electron chi connectivity index (χ4n) is 2.59. The molecule has 1 fully saturated rings. The van der Waals surface area contributed by atoms with Crippen LogP contribution in [0.3, 0.4) is 0 Å². The van der Waals surface area contributed by atoms with Crippen molar-refractivity contribution in [3.63, 3.8) is 0 Å².